The molecule has 6 nitrogen and oxygen atoms in total. The molecule has 1 saturated carbocycles. The van der Waals surface area contributed by atoms with Crippen LogP contribution in [0.25, 0.3) is 17.2 Å². The van der Waals surface area contributed by atoms with E-state index >= 15 is 0 Å². The van der Waals surface area contributed by atoms with Gasteiger partial charge in [0.25, 0.3) is 0 Å². The van der Waals surface area contributed by atoms with E-state index in [0.717, 1.165) is 65.4 Å². The van der Waals surface area contributed by atoms with Gasteiger partial charge in [-0.2, -0.15) is 5.26 Å². The van der Waals surface area contributed by atoms with Crippen LogP contribution < -0.4 is 9.80 Å². The fourth-order valence-electron chi connectivity index (χ4n) is 5.01. The standard InChI is InChI=1S/C32H33N3O3/c1-34(2)30-17-16-27(20-28(30)21-33)25-14-11-24(12-15-25)22-35(32(38)26-8-4-3-5-9-26)29-10-6-7-23(19-29)13-18-31(36)37/h6-7,10-20,26H,3-5,8-9,22H2,1-2H3,(H,36,37). The van der Waals surface area contributed by atoms with E-state index in [1.165, 1.54) is 6.42 Å². The van der Waals surface area contributed by atoms with Crippen LogP contribution in [0.15, 0.2) is 72.8 Å². The summed E-state index contributed by atoms with van der Waals surface area (Å²) in [5, 5.41) is 18.6. The van der Waals surface area contributed by atoms with Gasteiger partial charge in [-0.3, -0.25) is 4.79 Å². The van der Waals surface area contributed by atoms with E-state index in [2.05, 4.69) is 6.07 Å². The highest BCUT2D eigenvalue weighted by Crippen LogP contribution is 2.30. The molecular weight excluding hydrogens is 474 g/mol. The minimum absolute atomic E-state index is 0.000792. The first kappa shape index (κ1) is 26.7. The number of carboxylic acid groups (broad SMARTS) is 1. The summed E-state index contributed by atoms with van der Waals surface area (Å²) in [7, 11) is 3.84. The molecule has 0 unspecified atom stereocenters. The molecule has 1 fully saturated rings. The number of carbonyl (C=O) groups is 2. The van der Waals surface area contributed by atoms with E-state index in [1.807, 2.05) is 90.6 Å². The van der Waals surface area contributed by atoms with Gasteiger partial charge in [0.1, 0.15) is 6.07 Å². The monoisotopic (exact) mass is 507 g/mol. The lowest BCUT2D eigenvalue weighted by atomic mass is 9.88. The topological polar surface area (TPSA) is 84.6 Å². The summed E-state index contributed by atoms with van der Waals surface area (Å²) in [6, 6.07) is 23.7. The van der Waals surface area contributed by atoms with E-state index in [9.17, 15) is 14.9 Å². The zero-order valence-electron chi connectivity index (χ0n) is 21.9. The Morgan fingerprint density at radius 3 is 2.34 bits per heavy atom. The molecule has 0 spiro atoms. The van der Waals surface area contributed by atoms with Crippen molar-refractivity contribution >= 4 is 29.3 Å². The number of nitriles is 1. The maximum absolute atomic E-state index is 13.7. The number of carbonyl (C=O) groups excluding carboxylic acids is 1. The van der Waals surface area contributed by atoms with Crippen molar-refractivity contribution in [3.63, 3.8) is 0 Å². The first-order valence-electron chi connectivity index (χ1n) is 13.0. The molecular formula is C32H33N3O3. The van der Waals surface area contributed by atoms with Crippen LogP contribution in [-0.4, -0.2) is 31.1 Å². The molecule has 1 aliphatic rings. The van der Waals surface area contributed by atoms with E-state index in [-0.39, 0.29) is 11.8 Å². The average Bonchev–Trinajstić information content (AvgIpc) is 2.95. The lowest BCUT2D eigenvalue weighted by Crippen LogP contribution is -2.36. The van der Waals surface area contributed by atoms with E-state index in [0.29, 0.717) is 12.1 Å². The molecule has 1 aliphatic carbocycles. The third kappa shape index (κ3) is 6.49. The molecule has 3 aromatic rings. The highest BCUT2D eigenvalue weighted by Gasteiger charge is 2.27. The Kier molecular flexibility index (Phi) is 8.60. The number of anilines is 2. The number of benzene rings is 3. The first-order valence-corrected chi connectivity index (χ1v) is 13.0. The fourth-order valence-corrected chi connectivity index (χ4v) is 5.01. The summed E-state index contributed by atoms with van der Waals surface area (Å²) in [6.07, 6.45) is 7.75. The predicted octanol–water partition coefficient (Wildman–Crippen LogP) is 6.50. The molecule has 0 radical (unpaired) electrons. The third-order valence-electron chi connectivity index (χ3n) is 7.05. The SMILES string of the molecule is CN(C)c1ccc(-c2ccc(CN(C(=O)C3CCCCC3)c3cccc(C=CC(=O)O)c3)cc2)cc1C#N. The van der Waals surface area contributed by atoms with Crippen LogP contribution >= 0.6 is 0 Å². The number of hydrogen-bond donors (Lipinski definition) is 1. The van der Waals surface area contributed by atoms with Gasteiger partial charge in [0, 0.05) is 31.8 Å². The van der Waals surface area contributed by atoms with Crippen molar-refractivity contribution in [2.24, 2.45) is 5.92 Å². The van der Waals surface area contributed by atoms with Crippen molar-refractivity contribution in [2.75, 3.05) is 23.9 Å². The van der Waals surface area contributed by atoms with Crippen LogP contribution in [-0.2, 0) is 16.1 Å². The lowest BCUT2D eigenvalue weighted by molar-refractivity contribution is -0.131. The van der Waals surface area contributed by atoms with Gasteiger partial charge in [0.05, 0.1) is 17.8 Å². The van der Waals surface area contributed by atoms with E-state index in [4.69, 9.17) is 5.11 Å². The van der Waals surface area contributed by atoms with Crippen LogP contribution in [0, 0.1) is 17.2 Å². The molecule has 0 aromatic heterocycles. The molecule has 0 atom stereocenters. The highest BCUT2D eigenvalue weighted by molar-refractivity contribution is 5.95. The summed E-state index contributed by atoms with van der Waals surface area (Å²) < 4.78 is 0. The Bertz CT molecular complexity index is 1360. The second-order valence-electron chi connectivity index (χ2n) is 9.96. The number of amides is 1. The summed E-state index contributed by atoms with van der Waals surface area (Å²) in [5.74, 6) is -0.893. The van der Waals surface area contributed by atoms with Gasteiger partial charge < -0.3 is 14.9 Å². The van der Waals surface area contributed by atoms with Crippen molar-refractivity contribution < 1.29 is 14.7 Å². The second kappa shape index (κ2) is 12.2. The van der Waals surface area contributed by atoms with Crippen LogP contribution in [0.2, 0.25) is 0 Å². The molecule has 3 aromatic carbocycles. The molecule has 0 saturated heterocycles. The van der Waals surface area contributed by atoms with Crippen LogP contribution in [0.4, 0.5) is 11.4 Å². The minimum Gasteiger partial charge on any atom is -0.478 e. The fraction of sp³-hybridized carbons (Fsp3) is 0.281. The number of aliphatic carboxylic acids is 1. The van der Waals surface area contributed by atoms with Crippen molar-refractivity contribution in [3.8, 4) is 17.2 Å². The molecule has 6 heteroatoms. The van der Waals surface area contributed by atoms with Gasteiger partial charge in [-0.15, -0.1) is 0 Å². The lowest BCUT2D eigenvalue weighted by Gasteiger charge is -2.30. The van der Waals surface area contributed by atoms with Crippen molar-refractivity contribution in [1.29, 1.82) is 5.26 Å². The van der Waals surface area contributed by atoms with Crippen LogP contribution in [0.3, 0.4) is 0 Å². The van der Waals surface area contributed by atoms with Gasteiger partial charge >= 0.3 is 5.97 Å². The minimum atomic E-state index is -1.01. The average molecular weight is 508 g/mol. The zero-order chi connectivity index (χ0) is 27.1. The Balaban J connectivity index is 1.61. The quantitative estimate of drug-likeness (QED) is 0.352. The van der Waals surface area contributed by atoms with Gasteiger partial charge in [0.2, 0.25) is 5.91 Å². The second-order valence-corrected chi connectivity index (χ2v) is 9.96. The maximum Gasteiger partial charge on any atom is 0.328 e. The zero-order valence-corrected chi connectivity index (χ0v) is 21.9. The Morgan fingerprint density at radius 1 is 0.974 bits per heavy atom. The molecule has 4 rings (SSSR count). The molecule has 1 amide bonds. The molecule has 0 bridgehead atoms. The largest absolute Gasteiger partial charge is 0.478 e. The van der Waals surface area contributed by atoms with Crippen molar-refractivity contribution in [3.05, 3.63) is 89.5 Å². The van der Waals surface area contributed by atoms with Crippen molar-refractivity contribution in [2.45, 2.75) is 38.6 Å². The summed E-state index contributed by atoms with van der Waals surface area (Å²) >= 11 is 0. The summed E-state index contributed by atoms with van der Waals surface area (Å²) in [4.78, 5) is 28.5. The Hall–Kier alpha value is -4.37. The summed E-state index contributed by atoms with van der Waals surface area (Å²) in [6.45, 7) is 0.421. The molecule has 1 N–H and O–H groups in total. The van der Waals surface area contributed by atoms with Gasteiger partial charge in [0.15, 0.2) is 0 Å². The molecule has 0 heterocycles. The molecule has 194 valence electrons. The van der Waals surface area contributed by atoms with E-state index in [1.54, 1.807) is 6.08 Å². The van der Waals surface area contributed by atoms with Gasteiger partial charge in [-0.1, -0.05) is 61.7 Å². The Labute approximate surface area is 224 Å². The van der Waals surface area contributed by atoms with Crippen LogP contribution in [0.5, 0.6) is 0 Å². The third-order valence-corrected chi connectivity index (χ3v) is 7.05. The van der Waals surface area contributed by atoms with Crippen molar-refractivity contribution in [1.82, 2.24) is 0 Å². The predicted molar refractivity (Wildman–Crippen MR) is 152 cm³/mol. The van der Waals surface area contributed by atoms with Gasteiger partial charge in [-0.05, 0) is 65.4 Å². The maximum atomic E-state index is 13.7. The smallest absolute Gasteiger partial charge is 0.328 e. The van der Waals surface area contributed by atoms with Crippen LogP contribution in [0.1, 0.15) is 48.8 Å². The van der Waals surface area contributed by atoms with E-state index < -0.39 is 5.97 Å². The number of hydrogen-bond acceptors (Lipinski definition) is 4. The number of nitrogens with zero attached hydrogens (tertiary/aromatic N) is 3. The molecule has 0 aliphatic heterocycles. The number of rotatable bonds is 8. The summed E-state index contributed by atoms with van der Waals surface area (Å²) in [5.41, 5.74) is 5.96. The Morgan fingerprint density at radius 2 is 1.68 bits per heavy atom. The first-order chi connectivity index (χ1) is 18.4. The van der Waals surface area contributed by atoms with Gasteiger partial charge in [-0.25, -0.2) is 4.79 Å². The highest BCUT2D eigenvalue weighted by atomic mass is 16.4. The normalized spacial score (nSPS) is 13.7. The number of carboxylic acids is 1. The molecule has 38 heavy (non-hydrogen) atoms.